The second-order valence-corrected chi connectivity index (χ2v) is 3.13. The molecule has 2 aromatic rings. The molecular weight excluding hydrogens is 181 g/mol. The number of fused-ring (bicyclic) bond motifs is 1. The largest absolute Gasteiger partial charge is 0.339 e. The molecule has 0 aliphatic rings. The Morgan fingerprint density at radius 1 is 1.43 bits per heavy atom. The highest BCUT2D eigenvalue weighted by Gasteiger charge is 2.06. The van der Waals surface area contributed by atoms with E-state index in [2.05, 4.69) is 0 Å². The average Bonchev–Trinajstić information content (AvgIpc) is 2.54. The van der Waals surface area contributed by atoms with Crippen LogP contribution in [0.2, 0.25) is 0 Å². The van der Waals surface area contributed by atoms with Gasteiger partial charge in [-0.15, -0.1) is 0 Å². The van der Waals surface area contributed by atoms with Crippen molar-refractivity contribution in [3.05, 3.63) is 35.8 Å². The molecule has 0 bridgehead atoms. The molecule has 0 atom stereocenters. The second-order valence-electron chi connectivity index (χ2n) is 3.13. The minimum atomic E-state index is -0.275. The van der Waals surface area contributed by atoms with E-state index in [1.807, 2.05) is 11.5 Å². The first-order chi connectivity index (χ1) is 6.76. The van der Waals surface area contributed by atoms with E-state index in [1.54, 1.807) is 12.1 Å². The van der Waals surface area contributed by atoms with Crippen LogP contribution in [0.3, 0.4) is 0 Å². The lowest BCUT2D eigenvalue weighted by molar-refractivity contribution is 0.111. The number of rotatable bonds is 2. The average molecular weight is 191 g/mol. The van der Waals surface area contributed by atoms with Gasteiger partial charge in [0, 0.05) is 17.4 Å². The Kier molecular flexibility index (Phi) is 2.08. The molecule has 2 rings (SSSR count). The van der Waals surface area contributed by atoms with Crippen molar-refractivity contribution < 1.29 is 9.18 Å². The molecule has 0 spiro atoms. The van der Waals surface area contributed by atoms with E-state index in [0.717, 1.165) is 17.2 Å². The highest BCUT2D eigenvalue weighted by molar-refractivity contribution is 5.88. The predicted molar refractivity (Wildman–Crippen MR) is 53.0 cm³/mol. The number of benzene rings is 1. The van der Waals surface area contributed by atoms with Crippen molar-refractivity contribution in [2.75, 3.05) is 0 Å². The summed E-state index contributed by atoms with van der Waals surface area (Å²) in [6.07, 6.45) is 0.793. The van der Waals surface area contributed by atoms with Gasteiger partial charge in [-0.3, -0.25) is 4.79 Å². The minimum Gasteiger partial charge on any atom is -0.339 e. The van der Waals surface area contributed by atoms with Crippen LogP contribution in [0.25, 0.3) is 10.9 Å². The lowest BCUT2D eigenvalue weighted by Gasteiger charge is -2.02. The summed E-state index contributed by atoms with van der Waals surface area (Å²) in [5.41, 5.74) is 1.49. The van der Waals surface area contributed by atoms with Crippen molar-refractivity contribution in [3.63, 3.8) is 0 Å². The quantitative estimate of drug-likeness (QED) is 0.669. The zero-order valence-corrected chi connectivity index (χ0v) is 7.83. The summed E-state index contributed by atoms with van der Waals surface area (Å²) in [5.74, 6) is -0.275. The van der Waals surface area contributed by atoms with Gasteiger partial charge in [0.1, 0.15) is 5.82 Å². The van der Waals surface area contributed by atoms with Gasteiger partial charge in [-0.1, -0.05) is 0 Å². The molecule has 0 N–H and O–H groups in total. The van der Waals surface area contributed by atoms with E-state index < -0.39 is 0 Å². The van der Waals surface area contributed by atoms with Gasteiger partial charge in [0.05, 0.1) is 5.69 Å². The maximum absolute atomic E-state index is 12.9. The number of carbonyl (C=O) groups excluding carboxylic acids is 1. The summed E-state index contributed by atoms with van der Waals surface area (Å²) in [5, 5.41) is 0.772. The summed E-state index contributed by atoms with van der Waals surface area (Å²) in [6, 6.07) is 6.24. The van der Waals surface area contributed by atoms with Gasteiger partial charge in [-0.05, 0) is 31.2 Å². The van der Waals surface area contributed by atoms with Gasteiger partial charge in [-0.2, -0.15) is 0 Å². The second kappa shape index (κ2) is 3.25. The van der Waals surface area contributed by atoms with E-state index in [0.29, 0.717) is 12.2 Å². The van der Waals surface area contributed by atoms with Crippen LogP contribution in [-0.2, 0) is 6.54 Å². The summed E-state index contributed by atoms with van der Waals surface area (Å²) in [4.78, 5) is 10.7. The van der Waals surface area contributed by atoms with Gasteiger partial charge in [0.25, 0.3) is 0 Å². The Bertz CT molecular complexity index is 487. The third-order valence-corrected chi connectivity index (χ3v) is 2.33. The van der Waals surface area contributed by atoms with Gasteiger partial charge < -0.3 is 4.57 Å². The van der Waals surface area contributed by atoms with Gasteiger partial charge in [-0.25, -0.2) is 4.39 Å². The predicted octanol–water partition coefficient (Wildman–Crippen LogP) is 2.61. The van der Waals surface area contributed by atoms with Crippen molar-refractivity contribution in [2.45, 2.75) is 13.5 Å². The standard InChI is InChI=1S/C11H10FNO/c1-2-13-10(7-14)6-8-5-9(12)3-4-11(8)13/h3-7H,2H2,1H3. The normalized spacial score (nSPS) is 10.7. The van der Waals surface area contributed by atoms with Crippen molar-refractivity contribution in [1.29, 1.82) is 0 Å². The first-order valence-electron chi connectivity index (χ1n) is 4.50. The fraction of sp³-hybridized carbons (Fsp3) is 0.182. The zero-order valence-electron chi connectivity index (χ0n) is 7.83. The van der Waals surface area contributed by atoms with E-state index >= 15 is 0 Å². The number of aryl methyl sites for hydroxylation is 1. The highest BCUT2D eigenvalue weighted by atomic mass is 19.1. The molecule has 2 nitrogen and oxygen atoms in total. The molecule has 0 amide bonds. The Morgan fingerprint density at radius 2 is 2.21 bits per heavy atom. The SMILES string of the molecule is CCn1c(C=O)cc2cc(F)ccc21. The maximum Gasteiger partial charge on any atom is 0.166 e. The first kappa shape index (κ1) is 8.94. The molecular formula is C11H10FNO. The zero-order chi connectivity index (χ0) is 10.1. The monoisotopic (exact) mass is 191 g/mol. The Morgan fingerprint density at radius 3 is 2.86 bits per heavy atom. The number of nitrogens with zero attached hydrogens (tertiary/aromatic N) is 1. The maximum atomic E-state index is 12.9. The molecule has 0 aliphatic heterocycles. The molecule has 1 aromatic heterocycles. The molecule has 72 valence electrons. The lowest BCUT2D eigenvalue weighted by atomic mass is 10.2. The Labute approximate surface area is 81.0 Å². The minimum absolute atomic E-state index is 0.275. The van der Waals surface area contributed by atoms with Crippen LogP contribution in [-0.4, -0.2) is 10.9 Å². The molecule has 0 unspecified atom stereocenters. The Balaban J connectivity index is 2.79. The number of carbonyl (C=O) groups is 1. The summed E-state index contributed by atoms with van der Waals surface area (Å²) >= 11 is 0. The fourth-order valence-electron chi connectivity index (χ4n) is 1.71. The number of hydrogen-bond acceptors (Lipinski definition) is 1. The summed E-state index contributed by atoms with van der Waals surface area (Å²) in [7, 11) is 0. The molecule has 0 radical (unpaired) electrons. The summed E-state index contributed by atoms with van der Waals surface area (Å²) < 4.78 is 14.8. The Hall–Kier alpha value is -1.64. The molecule has 0 aliphatic carbocycles. The van der Waals surface area contributed by atoms with Crippen LogP contribution in [0.4, 0.5) is 4.39 Å². The van der Waals surface area contributed by atoms with Crippen molar-refractivity contribution in [3.8, 4) is 0 Å². The molecule has 1 heterocycles. The van der Waals surface area contributed by atoms with Crippen LogP contribution in [0.1, 0.15) is 17.4 Å². The number of aldehydes is 1. The molecule has 0 fully saturated rings. The van der Waals surface area contributed by atoms with Crippen LogP contribution in [0, 0.1) is 5.82 Å². The van der Waals surface area contributed by atoms with Crippen molar-refractivity contribution >= 4 is 17.2 Å². The number of hydrogen-bond donors (Lipinski definition) is 0. The van der Waals surface area contributed by atoms with Crippen LogP contribution in [0.5, 0.6) is 0 Å². The summed E-state index contributed by atoms with van der Waals surface area (Å²) in [6.45, 7) is 2.67. The van der Waals surface area contributed by atoms with Crippen LogP contribution in [0.15, 0.2) is 24.3 Å². The molecule has 0 saturated heterocycles. The molecule has 14 heavy (non-hydrogen) atoms. The van der Waals surface area contributed by atoms with Crippen LogP contribution < -0.4 is 0 Å². The smallest absolute Gasteiger partial charge is 0.166 e. The van der Waals surface area contributed by atoms with E-state index in [4.69, 9.17) is 0 Å². The van der Waals surface area contributed by atoms with E-state index in [-0.39, 0.29) is 5.82 Å². The van der Waals surface area contributed by atoms with Gasteiger partial charge >= 0.3 is 0 Å². The highest BCUT2D eigenvalue weighted by Crippen LogP contribution is 2.19. The third kappa shape index (κ3) is 1.21. The third-order valence-electron chi connectivity index (χ3n) is 2.33. The van der Waals surface area contributed by atoms with Gasteiger partial charge in [0.2, 0.25) is 0 Å². The fourth-order valence-corrected chi connectivity index (χ4v) is 1.71. The topological polar surface area (TPSA) is 22.0 Å². The molecule has 1 aromatic carbocycles. The van der Waals surface area contributed by atoms with E-state index in [9.17, 15) is 9.18 Å². The first-order valence-corrected chi connectivity index (χ1v) is 4.50. The van der Waals surface area contributed by atoms with Crippen molar-refractivity contribution in [1.82, 2.24) is 4.57 Å². The van der Waals surface area contributed by atoms with Crippen molar-refractivity contribution in [2.24, 2.45) is 0 Å². The van der Waals surface area contributed by atoms with E-state index in [1.165, 1.54) is 12.1 Å². The molecule has 3 heteroatoms. The van der Waals surface area contributed by atoms with Gasteiger partial charge in [0.15, 0.2) is 6.29 Å². The number of halogens is 1. The molecule has 0 saturated carbocycles. The van der Waals surface area contributed by atoms with Crippen LogP contribution >= 0.6 is 0 Å². The lowest BCUT2D eigenvalue weighted by Crippen LogP contribution is -1.98. The number of aromatic nitrogens is 1.